The number of hydrogen-bond acceptors (Lipinski definition) is 8. The molecular formula is C21H19N3O3S2. The van der Waals surface area contributed by atoms with Gasteiger partial charge in [0.2, 0.25) is 0 Å². The summed E-state index contributed by atoms with van der Waals surface area (Å²) in [5.41, 5.74) is 2.83. The standard InChI is InChI=1S/C21H19N3O3S2/c1-3-26-16-10-8-14(9-11-16)20-22-15(12-28-20)13-29-21-24-23-19(27-21)17-6-4-5-7-18(17)25-2/h4-12H,3,13H2,1-2H3. The van der Waals surface area contributed by atoms with Crippen molar-refractivity contribution in [3.05, 3.63) is 59.6 Å². The lowest BCUT2D eigenvalue weighted by Crippen LogP contribution is -1.90. The molecule has 0 bridgehead atoms. The molecule has 0 saturated heterocycles. The molecule has 2 aromatic heterocycles. The molecule has 0 unspecified atom stereocenters. The summed E-state index contributed by atoms with van der Waals surface area (Å²) in [5, 5.41) is 11.8. The predicted molar refractivity (Wildman–Crippen MR) is 115 cm³/mol. The minimum absolute atomic E-state index is 0.443. The average Bonchev–Trinajstić information content (AvgIpc) is 3.43. The lowest BCUT2D eigenvalue weighted by Gasteiger charge is -2.03. The molecule has 0 spiro atoms. The summed E-state index contributed by atoms with van der Waals surface area (Å²) >= 11 is 3.08. The molecule has 2 aromatic carbocycles. The second-order valence-electron chi connectivity index (χ2n) is 5.96. The lowest BCUT2D eigenvalue weighted by molar-refractivity contribution is 0.340. The molecular weight excluding hydrogens is 406 g/mol. The van der Waals surface area contributed by atoms with Gasteiger partial charge in [-0.2, -0.15) is 0 Å². The average molecular weight is 426 g/mol. The van der Waals surface area contributed by atoms with Crippen LogP contribution in [0.2, 0.25) is 0 Å². The minimum atomic E-state index is 0.443. The largest absolute Gasteiger partial charge is 0.496 e. The van der Waals surface area contributed by atoms with E-state index in [0.717, 1.165) is 27.6 Å². The molecule has 0 saturated carbocycles. The van der Waals surface area contributed by atoms with Crippen LogP contribution in [0.15, 0.2) is 63.6 Å². The molecule has 6 nitrogen and oxygen atoms in total. The molecule has 0 aliphatic carbocycles. The summed E-state index contributed by atoms with van der Waals surface area (Å²) in [6, 6.07) is 15.6. The van der Waals surface area contributed by atoms with E-state index in [1.54, 1.807) is 18.4 Å². The first-order chi connectivity index (χ1) is 14.3. The van der Waals surface area contributed by atoms with Crippen LogP contribution in [0.3, 0.4) is 0 Å². The van der Waals surface area contributed by atoms with Crippen LogP contribution < -0.4 is 9.47 Å². The van der Waals surface area contributed by atoms with E-state index in [1.165, 1.54) is 11.8 Å². The third-order valence-corrected chi connectivity index (χ3v) is 5.84. The van der Waals surface area contributed by atoms with Crippen LogP contribution in [0.4, 0.5) is 0 Å². The molecule has 0 atom stereocenters. The van der Waals surface area contributed by atoms with Crippen molar-refractivity contribution in [2.24, 2.45) is 0 Å². The van der Waals surface area contributed by atoms with Crippen molar-refractivity contribution in [2.75, 3.05) is 13.7 Å². The highest BCUT2D eigenvalue weighted by Crippen LogP contribution is 2.32. The summed E-state index contributed by atoms with van der Waals surface area (Å²) < 4.78 is 16.6. The third kappa shape index (κ3) is 4.60. The molecule has 4 rings (SSSR count). The monoisotopic (exact) mass is 425 g/mol. The van der Waals surface area contributed by atoms with Gasteiger partial charge in [0.25, 0.3) is 11.1 Å². The lowest BCUT2D eigenvalue weighted by atomic mass is 10.2. The van der Waals surface area contributed by atoms with Crippen molar-refractivity contribution >= 4 is 23.1 Å². The van der Waals surface area contributed by atoms with E-state index < -0.39 is 0 Å². The third-order valence-electron chi connectivity index (χ3n) is 4.05. The first-order valence-electron chi connectivity index (χ1n) is 9.04. The molecule has 2 heterocycles. The Morgan fingerprint density at radius 2 is 1.90 bits per heavy atom. The summed E-state index contributed by atoms with van der Waals surface area (Å²) in [6.45, 7) is 2.63. The molecule has 0 radical (unpaired) electrons. The van der Waals surface area contributed by atoms with Gasteiger partial charge in [0.05, 0.1) is 25.0 Å². The summed E-state index contributed by atoms with van der Waals surface area (Å²) in [6.07, 6.45) is 0. The van der Waals surface area contributed by atoms with E-state index in [1.807, 2.05) is 55.5 Å². The van der Waals surface area contributed by atoms with Crippen molar-refractivity contribution in [1.29, 1.82) is 0 Å². The zero-order valence-electron chi connectivity index (χ0n) is 16.0. The Labute approximate surface area is 176 Å². The number of hydrogen-bond donors (Lipinski definition) is 0. The van der Waals surface area contributed by atoms with E-state index in [4.69, 9.17) is 18.9 Å². The highest BCUT2D eigenvalue weighted by atomic mass is 32.2. The Kier molecular flexibility index (Phi) is 6.12. The van der Waals surface area contributed by atoms with Gasteiger partial charge in [0.15, 0.2) is 0 Å². The Morgan fingerprint density at radius 3 is 2.69 bits per heavy atom. The molecule has 0 aliphatic heterocycles. The molecule has 8 heteroatoms. The van der Waals surface area contributed by atoms with Crippen molar-refractivity contribution in [3.63, 3.8) is 0 Å². The normalized spacial score (nSPS) is 10.8. The summed E-state index contributed by atoms with van der Waals surface area (Å²) in [5.74, 6) is 2.66. The van der Waals surface area contributed by atoms with Crippen LogP contribution in [0.1, 0.15) is 12.6 Å². The number of rotatable bonds is 8. The van der Waals surface area contributed by atoms with Crippen LogP contribution >= 0.6 is 23.1 Å². The highest BCUT2D eigenvalue weighted by Gasteiger charge is 2.14. The molecule has 148 valence electrons. The number of thioether (sulfide) groups is 1. The van der Waals surface area contributed by atoms with E-state index >= 15 is 0 Å². The van der Waals surface area contributed by atoms with Crippen molar-refractivity contribution in [3.8, 4) is 33.5 Å². The van der Waals surface area contributed by atoms with Gasteiger partial charge in [-0.15, -0.1) is 21.5 Å². The number of nitrogens with zero attached hydrogens (tertiary/aromatic N) is 3. The quantitative estimate of drug-likeness (QED) is 0.342. The number of aromatic nitrogens is 3. The van der Waals surface area contributed by atoms with Crippen LogP contribution in [0, 0.1) is 0 Å². The van der Waals surface area contributed by atoms with Crippen LogP contribution in [-0.2, 0) is 5.75 Å². The van der Waals surface area contributed by atoms with Crippen LogP contribution in [-0.4, -0.2) is 28.9 Å². The van der Waals surface area contributed by atoms with Gasteiger partial charge in [-0.3, -0.25) is 0 Å². The fourth-order valence-corrected chi connectivity index (χ4v) is 4.29. The number of ether oxygens (including phenoxy) is 2. The van der Waals surface area contributed by atoms with Gasteiger partial charge in [-0.25, -0.2) is 4.98 Å². The fourth-order valence-electron chi connectivity index (χ4n) is 2.70. The molecule has 29 heavy (non-hydrogen) atoms. The van der Waals surface area contributed by atoms with Crippen molar-refractivity contribution < 1.29 is 13.9 Å². The van der Waals surface area contributed by atoms with Crippen LogP contribution in [0.25, 0.3) is 22.0 Å². The van der Waals surface area contributed by atoms with Crippen molar-refractivity contribution in [1.82, 2.24) is 15.2 Å². The fraction of sp³-hybridized carbons (Fsp3) is 0.190. The zero-order chi connectivity index (χ0) is 20.1. The number of para-hydroxylation sites is 1. The van der Waals surface area contributed by atoms with Crippen LogP contribution in [0.5, 0.6) is 11.5 Å². The highest BCUT2D eigenvalue weighted by molar-refractivity contribution is 7.98. The van der Waals surface area contributed by atoms with Gasteiger partial charge >= 0.3 is 0 Å². The predicted octanol–water partition coefficient (Wildman–Crippen LogP) is 5.56. The van der Waals surface area contributed by atoms with Gasteiger partial charge in [0, 0.05) is 16.7 Å². The maximum atomic E-state index is 5.78. The maximum absolute atomic E-state index is 5.78. The molecule has 0 N–H and O–H groups in total. The second kappa shape index (κ2) is 9.11. The van der Waals surface area contributed by atoms with Crippen molar-refractivity contribution in [2.45, 2.75) is 17.9 Å². The molecule has 4 aromatic rings. The first kappa shape index (κ1) is 19.5. The van der Waals surface area contributed by atoms with E-state index in [0.29, 0.717) is 29.2 Å². The molecule has 0 fully saturated rings. The van der Waals surface area contributed by atoms with Gasteiger partial charge < -0.3 is 13.9 Å². The molecule has 0 aliphatic rings. The summed E-state index contributed by atoms with van der Waals surface area (Å²) in [7, 11) is 1.62. The number of thiazole rings is 1. The second-order valence-corrected chi connectivity index (χ2v) is 7.75. The van der Waals surface area contributed by atoms with E-state index in [9.17, 15) is 0 Å². The van der Waals surface area contributed by atoms with E-state index in [-0.39, 0.29) is 0 Å². The first-order valence-corrected chi connectivity index (χ1v) is 10.9. The maximum Gasteiger partial charge on any atom is 0.277 e. The Morgan fingerprint density at radius 1 is 1.07 bits per heavy atom. The van der Waals surface area contributed by atoms with Gasteiger partial charge in [-0.1, -0.05) is 23.9 Å². The van der Waals surface area contributed by atoms with Gasteiger partial charge in [-0.05, 0) is 43.3 Å². The number of benzene rings is 2. The zero-order valence-corrected chi connectivity index (χ0v) is 17.6. The summed E-state index contributed by atoms with van der Waals surface area (Å²) in [4.78, 5) is 4.71. The smallest absolute Gasteiger partial charge is 0.277 e. The SMILES string of the molecule is CCOc1ccc(-c2nc(CSc3nnc(-c4ccccc4OC)o3)cs2)cc1. The topological polar surface area (TPSA) is 70.3 Å². The van der Waals surface area contributed by atoms with Gasteiger partial charge in [0.1, 0.15) is 16.5 Å². The molecule has 0 amide bonds. The van der Waals surface area contributed by atoms with E-state index in [2.05, 4.69) is 15.6 Å². The Hall–Kier alpha value is -2.84. The minimum Gasteiger partial charge on any atom is -0.496 e. The Balaban J connectivity index is 1.41. The Bertz CT molecular complexity index is 1080. The number of methoxy groups -OCH3 is 1.